The van der Waals surface area contributed by atoms with Gasteiger partial charge >= 0.3 is 5.97 Å². The summed E-state index contributed by atoms with van der Waals surface area (Å²) in [5.74, 6) is -1.22. The van der Waals surface area contributed by atoms with E-state index in [2.05, 4.69) is 4.74 Å². The molecule has 1 unspecified atom stereocenters. The van der Waals surface area contributed by atoms with Gasteiger partial charge in [0.15, 0.2) is 0 Å². The van der Waals surface area contributed by atoms with Crippen molar-refractivity contribution in [1.82, 2.24) is 0 Å². The highest BCUT2D eigenvalue weighted by Crippen LogP contribution is 2.27. The molecule has 1 N–H and O–H groups in total. The maximum absolute atomic E-state index is 13.3. The standard InChI is InChI=1S/C11H12ClFO3/c1-2-16-10(15)6-9(14)11-7(12)4-3-5-8(11)13/h3-5,9,14H,2,6H2,1H3. The molecule has 1 aromatic carbocycles. The maximum atomic E-state index is 13.3. The van der Waals surface area contributed by atoms with Crippen LogP contribution in [0.2, 0.25) is 5.02 Å². The van der Waals surface area contributed by atoms with Crippen LogP contribution in [-0.2, 0) is 9.53 Å². The van der Waals surface area contributed by atoms with E-state index in [9.17, 15) is 14.3 Å². The van der Waals surface area contributed by atoms with Crippen LogP contribution >= 0.6 is 11.6 Å². The topological polar surface area (TPSA) is 46.5 Å². The second-order valence-electron chi connectivity index (χ2n) is 3.16. The lowest BCUT2D eigenvalue weighted by Gasteiger charge is -2.12. The SMILES string of the molecule is CCOC(=O)CC(O)c1c(F)cccc1Cl. The summed E-state index contributed by atoms with van der Waals surface area (Å²) in [7, 11) is 0. The number of aliphatic hydroxyl groups excluding tert-OH is 1. The molecule has 0 aromatic heterocycles. The first-order valence-electron chi connectivity index (χ1n) is 4.83. The molecule has 1 aromatic rings. The van der Waals surface area contributed by atoms with Crippen molar-refractivity contribution in [1.29, 1.82) is 0 Å². The van der Waals surface area contributed by atoms with E-state index in [1.54, 1.807) is 6.92 Å². The van der Waals surface area contributed by atoms with Crippen molar-refractivity contribution >= 4 is 17.6 Å². The van der Waals surface area contributed by atoms with Crippen LogP contribution in [-0.4, -0.2) is 17.7 Å². The second kappa shape index (κ2) is 5.82. The first kappa shape index (κ1) is 12.9. The minimum atomic E-state index is -1.28. The van der Waals surface area contributed by atoms with Crippen molar-refractivity contribution in [3.8, 4) is 0 Å². The Morgan fingerprint density at radius 3 is 2.88 bits per heavy atom. The monoisotopic (exact) mass is 246 g/mol. The van der Waals surface area contributed by atoms with Gasteiger partial charge in [-0.05, 0) is 19.1 Å². The van der Waals surface area contributed by atoms with Gasteiger partial charge < -0.3 is 9.84 Å². The molecule has 16 heavy (non-hydrogen) atoms. The Morgan fingerprint density at radius 2 is 2.31 bits per heavy atom. The van der Waals surface area contributed by atoms with Crippen LogP contribution in [0, 0.1) is 5.82 Å². The summed E-state index contributed by atoms with van der Waals surface area (Å²) in [4.78, 5) is 11.1. The maximum Gasteiger partial charge on any atom is 0.308 e. The lowest BCUT2D eigenvalue weighted by atomic mass is 10.1. The van der Waals surface area contributed by atoms with E-state index in [-0.39, 0.29) is 23.6 Å². The van der Waals surface area contributed by atoms with Gasteiger partial charge in [-0.25, -0.2) is 4.39 Å². The molecule has 0 aliphatic rings. The van der Waals surface area contributed by atoms with Gasteiger partial charge in [0, 0.05) is 10.6 Å². The average molecular weight is 247 g/mol. The van der Waals surface area contributed by atoms with Gasteiger partial charge in [0.05, 0.1) is 19.1 Å². The van der Waals surface area contributed by atoms with Crippen LogP contribution in [0.5, 0.6) is 0 Å². The molecule has 0 radical (unpaired) electrons. The molecule has 0 spiro atoms. The molecule has 5 heteroatoms. The fourth-order valence-electron chi connectivity index (χ4n) is 1.31. The molecule has 1 atom stereocenters. The van der Waals surface area contributed by atoms with Gasteiger partial charge in [-0.2, -0.15) is 0 Å². The number of esters is 1. The van der Waals surface area contributed by atoms with Crippen LogP contribution in [0.25, 0.3) is 0 Å². The number of ether oxygens (including phenoxy) is 1. The molecule has 88 valence electrons. The van der Waals surface area contributed by atoms with Gasteiger partial charge in [0.25, 0.3) is 0 Å². The van der Waals surface area contributed by atoms with Crippen molar-refractivity contribution < 1.29 is 19.0 Å². The molecule has 0 saturated carbocycles. The third-order valence-electron chi connectivity index (χ3n) is 2.00. The van der Waals surface area contributed by atoms with Crippen LogP contribution in [0.15, 0.2) is 18.2 Å². The van der Waals surface area contributed by atoms with Gasteiger partial charge in [-0.15, -0.1) is 0 Å². The minimum absolute atomic E-state index is 0.0720. The first-order valence-corrected chi connectivity index (χ1v) is 5.21. The Morgan fingerprint density at radius 1 is 1.62 bits per heavy atom. The predicted molar refractivity (Wildman–Crippen MR) is 57.6 cm³/mol. The number of hydrogen-bond donors (Lipinski definition) is 1. The average Bonchev–Trinajstić information content (AvgIpc) is 2.17. The van der Waals surface area contributed by atoms with E-state index in [0.29, 0.717) is 0 Å². The highest BCUT2D eigenvalue weighted by atomic mass is 35.5. The lowest BCUT2D eigenvalue weighted by molar-refractivity contribution is -0.145. The second-order valence-corrected chi connectivity index (χ2v) is 3.57. The number of carbonyl (C=O) groups is 1. The molecule has 0 aliphatic heterocycles. The zero-order valence-corrected chi connectivity index (χ0v) is 9.50. The minimum Gasteiger partial charge on any atom is -0.466 e. The van der Waals surface area contributed by atoms with Crippen LogP contribution in [0.4, 0.5) is 4.39 Å². The molecule has 0 amide bonds. The molecule has 0 saturated heterocycles. The zero-order chi connectivity index (χ0) is 12.1. The van der Waals surface area contributed by atoms with Crippen molar-refractivity contribution in [3.63, 3.8) is 0 Å². The zero-order valence-electron chi connectivity index (χ0n) is 8.74. The number of benzene rings is 1. The number of aliphatic hydroxyl groups is 1. The Labute approximate surface area is 97.8 Å². The number of carbonyl (C=O) groups excluding carboxylic acids is 1. The molecule has 0 aliphatic carbocycles. The molecule has 1 rings (SSSR count). The number of hydrogen-bond acceptors (Lipinski definition) is 3. The van der Waals surface area contributed by atoms with Crippen molar-refractivity contribution in [2.45, 2.75) is 19.4 Å². The highest BCUT2D eigenvalue weighted by molar-refractivity contribution is 6.31. The smallest absolute Gasteiger partial charge is 0.308 e. The van der Waals surface area contributed by atoms with E-state index in [4.69, 9.17) is 11.6 Å². The van der Waals surface area contributed by atoms with Gasteiger partial charge in [0.1, 0.15) is 5.82 Å². The first-order chi connectivity index (χ1) is 7.56. The van der Waals surface area contributed by atoms with Gasteiger partial charge in [0.2, 0.25) is 0 Å². The molecular weight excluding hydrogens is 235 g/mol. The van der Waals surface area contributed by atoms with E-state index in [0.717, 1.165) is 0 Å². The van der Waals surface area contributed by atoms with Crippen LogP contribution in [0.3, 0.4) is 0 Å². The fourth-order valence-corrected chi connectivity index (χ4v) is 1.60. The summed E-state index contributed by atoms with van der Waals surface area (Å²) in [6.45, 7) is 1.87. The van der Waals surface area contributed by atoms with E-state index in [1.807, 2.05) is 0 Å². The summed E-state index contributed by atoms with van der Waals surface area (Å²) < 4.78 is 18.0. The quantitative estimate of drug-likeness (QED) is 0.831. The molecule has 0 bridgehead atoms. The third-order valence-corrected chi connectivity index (χ3v) is 2.33. The predicted octanol–water partition coefficient (Wildman–Crippen LogP) is 2.47. The third kappa shape index (κ3) is 3.18. The highest BCUT2D eigenvalue weighted by Gasteiger charge is 2.20. The number of rotatable bonds is 4. The van der Waals surface area contributed by atoms with Gasteiger partial charge in [-0.3, -0.25) is 4.79 Å². The van der Waals surface area contributed by atoms with E-state index < -0.39 is 17.9 Å². The van der Waals surface area contributed by atoms with Crippen LogP contribution < -0.4 is 0 Å². The summed E-state index contributed by atoms with van der Waals surface area (Å²) in [5, 5.41) is 9.75. The van der Waals surface area contributed by atoms with Crippen molar-refractivity contribution in [2.75, 3.05) is 6.61 Å². The summed E-state index contributed by atoms with van der Waals surface area (Å²) in [5.41, 5.74) is -0.0720. The molecule has 3 nitrogen and oxygen atoms in total. The summed E-state index contributed by atoms with van der Waals surface area (Å²) >= 11 is 5.73. The molecular formula is C11H12ClFO3. The van der Waals surface area contributed by atoms with E-state index in [1.165, 1.54) is 18.2 Å². The Bertz CT molecular complexity index is 361. The summed E-state index contributed by atoms with van der Waals surface area (Å²) in [6, 6.07) is 4.06. The largest absolute Gasteiger partial charge is 0.466 e. The van der Waals surface area contributed by atoms with Crippen LogP contribution in [0.1, 0.15) is 25.0 Å². The van der Waals surface area contributed by atoms with E-state index >= 15 is 0 Å². The van der Waals surface area contributed by atoms with Crippen molar-refractivity contribution in [2.24, 2.45) is 0 Å². The molecule has 0 fully saturated rings. The Balaban J connectivity index is 2.80. The number of halogens is 2. The van der Waals surface area contributed by atoms with Crippen molar-refractivity contribution in [3.05, 3.63) is 34.6 Å². The fraction of sp³-hybridized carbons (Fsp3) is 0.364. The summed E-state index contributed by atoms with van der Waals surface area (Å²) in [6.07, 6.45) is -1.60. The Hall–Kier alpha value is -1.13. The van der Waals surface area contributed by atoms with Gasteiger partial charge in [-0.1, -0.05) is 17.7 Å². The lowest BCUT2D eigenvalue weighted by Crippen LogP contribution is -2.11. The molecule has 0 heterocycles. The normalized spacial score (nSPS) is 12.2. The Kier molecular flexibility index (Phi) is 4.71.